The number of nitrogens with zero attached hydrogens (tertiary/aromatic N) is 6. The number of hydrogen-bond acceptors (Lipinski definition) is 15. The molecular weight excluding hydrogens is 799 g/mol. The number of aromatic nitrogens is 2. The van der Waals surface area contributed by atoms with Crippen LogP contribution in [0, 0.1) is 17.0 Å². The summed E-state index contributed by atoms with van der Waals surface area (Å²) in [4.78, 5) is 16.2. The molecule has 0 unspecified atom stereocenters. The first kappa shape index (κ1) is 39.5. The minimum Gasteiger partial charge on any atom is -0.505 e. The van der Waals surface area contributed by atoms with E-state index in [0.717, 1.165) is 23.8 Å². The molecule has 6 aromatic rings. The van der Waals surface area contributed by atoms with Gasteiger partial charge in [-0.05, 0) is 49.2 Å². The molecule has 0 aliphatic heterocycles. The maximum atomic E-state index is 12.7. The Morgan fingerprint density at radius 1 is 0.786 bits per heavy atom. The zero-order valence-corrected chi connectivity index (χ0v) is 30.9. The van der Waals surface area contributed by atoms with E-state index < -0.39 is 73.6 Å². The minimum atomic E-state index is -5.06. The van der Waals surface area contributed by atoms with Crippen molar-refractivity contribution in [2.24, 2.45) is 20.5 Å². The Labute approximate surface area is 316 Å². The highest BCUT2D eigenvalue weighted by Gasteiger charge is 2.25. The minimum absolute atomic E-state index is 0.0148. The predicted octanol–water partition coefficient (Wildman–Crippen LogP) is 7.29. The Hall–Kier alpha value is -6.24. The lowest BCUT2D eigenvalue weighted by Crippen LogP contribution is -2.08. The Morgan fingerprint density at radius 2 is 1.46 bits per heavy atom. The molecule has 0 atom stereocenters. The molecule has 0 saturated carbocycles. The molecule has 0 saturated heterocycles. The van der Waals surface area contributed by atoms with Crippen LogP contribution in [0.2, 0.25) is 0 Å². The molecule has 23 heteroatoms. The maximum absolute atomic E-state index is 12.7. The average Bonchev–Trinajstić information content (AvgIpc) is 3.57. The van der Waals surface area contributed by atoms with Gasteiger partial charge in [0.15, 0.2) is 5.75 Å². The number of azo groups is 2. The van der Waals surface area contributed by atoms with Crippen molar-refractivity contribution in [2.45, 2.75) is 23.1 Å². The Kier molecular flexibility index (Phi) is 10.7. The number of aromatic amines is 1. The smallest absolute Gasteiger partial charge is 0.297 e. The van der Waals surface area contributed by atoms with Crippen molar-refractivity contribution in [3.05, 3.63) is 94.5 Å². The van der Waals surface area contributed by atoms with Crippen LogP contribution in [0.5, 0.6) is 11.5 Å². The van der Waals surface area contributed by atoms with Crippen molar-refractivity contribution < 1.29 is 53.7 Å². The van der Waals surface area contributed by atoms with Crippen LogP contribution in [-0.4, -0.2) is 71.3 Å². The Balaban J connectivity index is 1.44. The van der Waals surface area contributed by atoms with Gasteiger partial charge in [-0.2, -0.15) is 30.4 Å². The van der Waals surface area contributed by atoms with Crippen LogP contribution >= 0.6 is 0 Å². The van der Waals surface area contributed by atoms with Gasteiger partial charge in [-0.3, -0.25) is 23.8 Å². The van der Waals surface area contributed by atoms with Gasteiger partial charge in [0.05, 0.1) is 34.0 Å². The molecule has 1 aromatic heterocycles. The Morgan fingerprint density at radius 3 is 2.12 bits per heavy atom. The lowest BCUT2D eigenvalue weighted by molar-refractivity contribution is -0.385. The number of nitrogens with one attached hydrogen (secondary N) is 1. The fourth-order valence-corrected chi connectivity index (χ4v) is 7.20. The summed E-state index contributed by atoms with van der Waals surface area (Å²) in [5.41, 5.74) is -0.155. The van der Waals surface area contributed by atoms with Crippen LogP contribution in [0.25, 0.3) is 33.2 Å². The SMILES string of the molecule is Cc1cc(/N=N/c2c(S(=O)(=O)O)cc3c(ccc4nc(-c5ccccc5)[nH]c43)c2O)c(OCCCS(=O)(=O)O)cc1/N=N/c1ccc([N+](=O)[O-])cc1S(=O)(=O)O. The average molecular weight is 826 g/mol. The summed E-state index contributed by atoms with van der Waals surface area (Å²) in [5.74, 6) is -1.07. The van der Waals surface area contributed by atoms with E-state index in [-0.39, 0.29) is 46.5 Å². The number of nitro groups is 1. The van der Waals surface area contributed by atoms with E-state index in [0.29, 0.717) is 22.9 Å². The molecule has 0 spiro atoms. The standard InChI is InChI=1S/C33H27N7O13S3/c1-18-14-26(27(53-12-5-13-54(44,45)46)17-25(18)37-36-23-10-8-20(40(42)43)15-28(23)55(47,48)49)38-39-31-29(56(50,51)52)16-22-21(32(31)41)9-11-24-30(22)35-33(34-24)19-6-3-2-4-7-19/h2-4,6-11,14-17,41H,5,12-13H2,1H3,(H,34,35)(H,44,45,46)(H,47,48,49)(H,50,51,52)/b37-36+,39-38+. The molecule has 0 fully saturated rings. The first-order valence-corrected chi connectivity index (χ1v) is 20.3. The van der Waals surface area contributed by atoms with Crippen molar-refractivity contribution in [1.29, 1.82) is 0 Å². The molecule has 0 aliphatic carbocycles. The van der Waals surface area contributed by atoms with Gasteiger partial charge in [-0.25, -0.2) is 4.98 Å². The molecule has 20 nitrogen and oxygen atoms in total. The van der Waals surface area contributed by atoms with Crippen molar-refractivity contribution in [3.63, 3.8) is 0 Å². The second kappa shape index (κ2) is 15.1. The number of rotatable bonds is 13. The van der Waals surface area contributed by atoms with Gasteiger partial charge in [0.1, 0.15) is 38.4 Å². The van der Waals surface area contributed by atoms with E-state index in [1.165, 1.54) is 25.1 Å². The summed E-state index contributed by atoms with van der Waals surface area (Å²) >= 11 is 0. The van der Waals surface area contributed by atoms with E-state index in [9.17, 15) is 49.6 Å². The van der Waals surface area contributed by atoms with Crippen LogP contribution in [0.15, 0.2) is 109 Å². The number of imidazole rings is 1. The van der Waals surface area contributed by atoms with Crippen LogP contribution < -0.4 is 4.74 Å². The fourth-order valence-electron chi connectivity index (χ4n) is 5.43. The molecule has 0 bridgehead atoms. The molecule has 0 radical (unpaired) electrons. The number of aryl methyl sites for hydroxylation is 1. The molecular formula is C33H27N7O13S3. The highest BCUT2D eigenvalue weighted by atomic mass is 32.2. The number of hydrogen-bond donors (Lipinski definition) is 5. The van der Waals surface area contributed by atoms with E-state index in [2.05, 4.69) is 30.4 Å². The quantitative estimate of drug-likeness (QED) is 0.0251. The van der Waals surface area contributed by atoms with Crippen LogP contribution in [0.4, 0.5) is 28.4 Å². The van der Waals surface area contributed by atoms with Gasteiger partial charge in [0.2, 0.25) is 0 Å². The highest BCUT2D eigenvalue weighted by Crippen LogP contribution is 2.45. The van der Waals surface area contributed by atoms with E-state index in [4.69, 9.17) is 9.29 Å². The lowest BCUT2D eigenvalue weighted by Gasteiger charge is -2.12. The number of aromatic hydroxyl groups is 1. The summed E-state index contributed by atoms with van der Waals surface area (Å²) in [7, 11) is -14.4. The first-order valence-electron chi connectivity index (χ1n) is 15.8. The van der Waals surface area contributed by atoms with Crippen LogP contribution in [0.1, 0.15) is 12.0 Å². The number of H-pyrrole nitrogens is 1. The van der Waals surface area contributed by atoms with Gasteiger partial charge in [0, 0.05) is 34.5 Å². The second-order valence-corrected chi connectivity index (χ2v) is 16.3. The number of phenolic OH excluding ortho intramolecular Hbond substituents is 1. The summed E-state index contributed by atoms with van der Waals surface area (Å²) in [5, 5.41) is 38.7. The molecule has 5 N–H and O–H groups in total. The molecule has 5 aromatic carbocycles. The van der Waals surface area contributed by atoms with Crippen LogP contribution in [0.3, 0.4) is 0 Å². The third kappa shape index (κ3) is 8.67. The largest absolute Gasteiger partial charge is 0.505 e. The summed E-state index contributed by atoms with van der Waals surface area (Å²) in [6.07, 6.45) is -0.215. The molecule has 56 heavy (non-hydrogen) atoms. The predicted molar refractivity (Wildman–Crippen MR) is 199 cm³/mol. The third-order valence-electron chi connectivity index (χ3n) is 8.05. The van der Waals surface area contributed by atoms with Gasteiger partial charge < -0.3 is 14.8 Å². The lowest BCUT2D eigenvalue weighted by atomic mass is 10.1. The number of benzene rings is 5. The Bertz CT molecular complexity index is 2950. The zero-order valence-electron chi connectivity index (χ0n) is 28.5. The highest BCUT2D eigenvalue weighted by molar-refractivity contribution is 7.86. The first-order chi connectivity index (χ1) is 26.3. The number of nitro benzene ring substituents is 1. The van der Waals surface area contributed by atoms with Gasteiger partial charge >= 0.3 is 0 Å². The number of phenols is 1. The molecule has 290 valence electrons. The van der Waals surface area contributed by atoms with Gasteiger partial charge in [0.25, 0.3) is 36.0 Å². The molecule has 1 heterocycles. The van der Waals surface area contributed by atoms with E-state index >= 15 is 0 Å². The van der Waals surface area contributed by atoms with Crippen molar-refractivity contribution >= 4 is 80.6 Å². The van der Waals surface area contributed by atoms with Gasteiger partial charge in [-0.15, -0.1) is 15.3 Å². The van der Waals surface area contributed by atoms with E-state index in [1.54, 1.807) is 18.2 Å². The zero-order chi connectivity index (χ0) is 40.6. The van der Waals surface area contributed by atoms with Gasteiger partial charge in [-0.1, -0.05) is 30.3 Å². The molecule has 0 amide bonds. The third-order valence-corrected chi connectivity index (χ3v) is 10.6. The summed E-state index contributed by atoms with van der Waals surface area (Å²) in [6.45, 7) is 1.16. The van der Waals surface area contributed by atoms with Crippen molar-refractivity contribution in [3.8, 4) is 22.9 Å². The fraction of sp³-hybridized carbons (Fsp3) is 0.121. The molecule has 6 rings (SSSR count). The summed E-state index contributed by atoms with van der Waals surface area (Å²) < 4.78 is 107. The van der Waals surface area contributed by atoms with E-state index in [1.807, 2.05) is 18.2 Å². The topological polar surface area (TPSA) is 314 Å². The number of non-ortho nitro benzene ring substituents is 1. The van der Waals surface area contributed by atoms with Crippen molar-refractivity contribution in [2.75, 3.05) is 12.4 Å². The number of fused-ring (bicyclic) bond motifs is 3. The van der Waals surface area contributed by atoms with Crippen molar-refractivity contribution in [1.82, 2.24) is 9.97 Å². The second-order valence-electron chi connectivity index (χ2n) is 11.9. The van der Waals surface area contributed by atoms with Crippen LogP contribution in [-0.2, 0) is 30.4 Å². The molecule has 0 aliphatic rings. The monoisotopic (exact) mass is 825 g/mol. The number of ether oxygens (including phenoxy) is 1. The maximum Gasteiger partial charge on any atom is 0.297 e. The summed E-state index contributed by atoms with van der Waals surface area (Å²) in [6, 6.07) is 18.2. The normalized spacial score (nSPS) is 12.6.